The van der Waals surface area contributed by atoms with Gasteiger partial charge >= 0.3 is 0 Å². The summed E-state index contributed by atoms with van der Waals surface area (Å²) in [5.74, 6) is 1.59. The average Bonchev–Trinajstić information content (AvgIpc) is 3.16. The number of aliphatic imine (C=N–C) groups is 1. The Labute approximate surface area is 159 Å². The summed E-state index contributed by atoms with van der Waals surface area (Å²) in [4.78, 5) is 4.27. The van der Waals surface area contributed by atoms with Gasteiger partial charge in [-0.2, -0.15) is 5.10 Å². The number of hydrogen-bond acceptors (Lipinski definition) is 3. The third kappa shape index (κ3) is 5.60. The molecule has 0 atom stereocenters. The fraction of sp³-hybridized carbons (Fsp3) is 0.238. The second-order valence-corrected chi connectivity index (χ2v) is 6.16. The van der Waals surface area contributed by atoms with E-state index in [1.54, 1.807) is 14.2 Å². The summed E-state index contributed by atoms with van der Waals surface area (Å²) < 4.78 is 7.20. The summed E-state index contributed by atoms with van der Waals surface area (Å²) in [6, 6.07) is 18.3. The molecule has 1 heterocycles. The van der Waals surface area contributed by atoms with Crippen LogP contribution in [0.4, 0.5) is 0 Å². The number of aromatic nitrogens is 2. The highest BCUT2D eigenvalue weighted by molar-refractivity contribution is 5.79. The monoisotopic (exact) mass is 363 g/mol. The first-order chi connectivity index (χ1) is 13.3. The normalized spacial score (nSPS) is 11.3. The Morgan fingerprint density at radius 3 is 2.48 bits per heavy atom. The van der Waals surface area contributed by atoms with Crippen LogP contribution in [0.5, 0.6) is 5.75 Å². The predicted molar refractivity (Wildman–Crippen MR) is 108 cm³/mol. The van der Waals surface area contributed by atoms with Gasteiger partial charge in [-0.3, -0.25) is 9.67 Å². The van der Waals surface area contributed by atoms with Gasteiger partial charge in [-0.15, -0.1) is 0 Å². The Morgan fingerprint density at radius 1 is 1.00 bits per heavy atom. The molecule has 6 nitrogen and oxygen atoms in total. The van der Waals surface area contributed by atoms with E-state index in [0.29, 0.717) is 13.1 Å². The van der Waals surface area contributed by atoms with Gasteiger partial charge in [0.25, 0.3) is 0 Å². The van der Waals surface area contributed by atoms with Crippen LogP contribution in [-0.4, -0.2) is 29.9 Å². The molecular weight excluding hydrogens is 338 g/mol. The highest BCUT2D eigenvalue weighted by atomic mass is 16.5. The van der Waals surface area contributed by atoms with Crippen LogP contribution in [0, 0.1) is 0 Å². The Morgan fingerprint density at radius 2 is 1.74 bits per heavy atom. The summed E-state index contributed by atoms with van der Waals surface area (Å²) in [5, 5.41) is 11.1. The number of nitrogens with zero attached hydrogens (tertiary/aromatic N) is 3. The summed E-state index contributed by atoms with van der Waals surface area (Å²) in [5.41, 5.74) is 3.47. The van der Waals surface area contributed by atoms with E-state index in [2.05, 4.69) is 45.1 Å². The Balaban J connectivity index is 1.49. The first-order valence-electron chi connectivity index (χ1n) is 8.89. The van der Waals surface area contributed by atoms with Gasteiger partial charge in [-0.25, -0.2) is 0 Å². The summed E-state index contributed by atoms with van der Waals surface area (Å²) in [6.07, 6.45) is 3.93. The van der Waals surface area contributed by atoms with Crippen LogP contribution >= 0.6 is 0 Å². The molecule has 0 fully saturated rings. The number of benzene rings is 2. The number of methoxy groups -OCH3 is 1. The molecule has 2 N–H and O–H groups in total. The molecule has 0 unspecified atom stereocenters. The van der Waals surface area contributed by atoms with Crippen molar-refractivity contribution in [2.45, 2.75) is 19.6 Å². The maximum Gasteiger partial charge on any atom is 0.191 e. The number of nitrogens with one attached hydrogen (secondary N) is 2. The fourth-order valence-corrected chi connectivity index (χ4v) is 2.73. The van der Waals surface area contributed by atoms with Gasteiger partial charge in [0.1, 0.15) is 5.75 Å². The van der Waals surface area contributed by atoms with Crippen LogP contribution in [0.15, 0.2) is 72.0 Å². The lowest BCUT2D eigenvalue weighted by Crippen LogP contribution is -2.36. The van der Waals surface area contributed by atoms with Crippen LogP contribution in [-0.2, 0) is 19.6 Å². The zero-order valence-electron chi connectivity index (χ0n) is 15.7. The minimum atomic E-state index is 0.659. The Bertz CT molecular complexity index is 873. The van der Waals surface area contributed by atoms with Crippen LogP contribution in [0.25, 0.3) is 0 Å². The van der Waals surface area contributed by atoms with E-state index in [9.17, 15) is 0 Å². The lowest BCUT2D eigenvalue weighted by atomic mass is 10.2. The second kappa shape index (κ2) is 9.43. The molecule has 1 aromatic heterocycles. The van der Waals surface area contributed by atoms with Crippen LogP contribution in [0.2, 0.25) is 0 Å². The van der Waals surface area contributed by atoms with Crippen molar-refractivity contribution in [3.8, 4) is 5.75 Å². The molecule has 0 saturated heterocycles. The molecule has 0 radical (unpaired) electrons. The minimum absolute atomic E-state index is 0.659. The topological polar surface area (TPSA) is 63.5 Å². The quantitative estimate of drug-likeness (QED) is 0.500. The maximum atomic E-state index is 5.26. The van der Waals surface area contributed by atoms with Gasteiger partial charge in [0.2, 0.25) is 0 Å². The molecule has 6 heteroatoms. The molecule has 27 heavy (non-hydrogen) atoms. The van der Waals surface area contributed by atoms with Crippen LogP contribution < -0.4 is 15.4 Å². The standard InChI is InChI=1S/C21H25N5O/c1-22-21(23-12-18-9-6-10-20(11-18)27-2)24-13-19-14-25-26(16-19)15-17-7-4-3-5-8-17/h3-11,14,16H,12-13,15H2,1-2H3,(H2,22,23,24). The molecule has 0 aliphatic heterocycles. The first kappa shape index (κ1) is 18.5. The molecule has 140 valence electrons. The SMILES string of the molecule is CN=C(NCc1cccc(OC)c1)NCc1cnn(Cc2ccccc2)c1. The zero-order valence-corrected chi connectivity index (χ0v) is 15.7. The summed E-state index contributed by atoms with van der Waals surface area (Å²) in [6.45, 7) is 2.10. The molecule has 0 saturated carbocycles. The number of ether oxygens (including phenoxy) is 1. The lowest BCUT2D eigenvalue weighted by molar-refractivity contribution is 0.414. The van der Waals surface area contributed by atoms with Crippen molar-refractivity contribution < 1.29 is 4.74 Å². The van der Waals surface area contributed by atoms with Crippen molar-refractivity contribution in [1.82, 2.24) is 20.4 Å². The smallest absolute Gasteiger partial charge is 0.191 e. The van der Waals surface area contributed by atoms with E-state index in [1.807, 2.05) is 47.3 Å². The Kier molecular flexibility index (Phi) is 6.46. The molecule has 3 rings (SSSR count). The van der Waals surface area contributed by atoms with Crippen LogP contribution in [0.3, 0.4) is 0 Å². The number of guanidine groups is 1. The largest absolute Gasteiger partial charge is 0.497 e. The van der Waals surface area contributed by atoms with Gasteiger partial charge in [0.15, 0.2) is 5.96 Å². The molecule has 0 amide bonds. The molecule has 0 bridgehead atoms. The van der Waals surface area contributed by atoms with E-state index in [0.717, 1.165) is 29.4 Å². The predicted octanol–water partition coefficient (Wildman–Crippen LogP) is 2.81. The molecule has 0 aliphatic carbocycles. The molecular formula is C21H25N5O. The third-order valence-electron chi connectivity index (χ3n) is 4.15. The first-order valence-corrected chi connectivity index (χ1v) is 8.89. The van der Waals surface area contributed by atoms with Gasteiger partial charge < -0.3 is 15.4 Å². The van der Waals surface area contributed by atoms with Crippen molar-refractivity contribution in [3.05, 3.63) is 83.7 Å². The Hall–Kier alpha value is -3.28. The second-order valence-electron chi connectivity index (χ2n) is 6.16. The average molecular weight is 363 g/mol. The van der Waals surface area contributed by atoms with Crippen LogP contribution in [0.1, 0.15) is 16.7 Å². The van der Waals surface area contributed by atoms with E-state index < -0.39 is 0 Å². The van der Waals surface area contributed by atoms with Crippen molar-refractivity contribution in [2.24, 2.45) is 4.99 Å². The van der Waals surface area contributed by atoms with E-state index in [4.69, 9.17) is 4.74 Å². The molecule has 0 aliphatic rings. The van der Waals surface area contributed by atoms with Crippen molar-refractivity contribution in [1.29, 1.82) is 0 Å². The summed E-state index contributed by atoms with van der Waals surface area (Å²) in [7, 11) is 3.44. The number of hydrogen-bond donors (Lipinski definition) is 2. The zero-order chi connectivity index (χ0) is 18.9. The van der Waals surface area contributed by atoms with Crippen molar-refractivity contribution >= 4 is 5.96 Å². The molecule has 0 spiro atoms. The van der Waals surface area contributed by atoms with Gasteiger partial charge in [0, 0.05) is 31.9 Å². The van der Waals surface area contributed by atoms with E-state index >= 15 is 0 Å². The summed E-state index contributed by atoms with van der Waals surface area (Å²) >= 11 is 0. The number of rotatable bonds is 7. The molecule has 3 aromatic rings. The van der Waals surface area contributed by atoms with E-state index in [-0.39, 0.29) is 0 Å². The highest BCUT2D eigenvalue weighted by Crippen LogP contribution is 2.12. The highest BCUT2D eigenvalue weighted by Gasteiger charge is 2.03. The van der Waals surface area contributed by atoms with Gasteiger partial charge in [-0.1, -0.05) is 42.5 Å². The van der Waals surface area contributed by atoms with Crippen molar-refractivity contribution in [3.63, 3.8) is 0 Å². The fourth-order valence-electron chi connectivity index (χ4n) is 2.73. The lowest BCUT2D eigenvalue weighted by Gasteiger charge is -2.11. The van der Waals surface area contributed by atoms with E-state index in [1.165, 1.54) is 5.56 Å². The minimum Gasteiger partial charge on any atom is -0.497 e. The van der Waals surface area contributed by atoms with Gasteiger partial charge in [-0.05, 0) is 23.3 Å². The van der Waals surface area contributed by atoms with Crippen molar-refractivity contribution in [2.75, 3.05) is 14.2 Å². The maximum absolute atomic E-state index is 5.26. The third-order valence-corrected chi connectivity index (χ3v) is 4.15. The molecule has 2 aromatic carbocycles. The van der Waals surface area contributed by atoms with Gasteiger partial charge in [0.05, 0.1) is 19.9 Å².